The summed E-state index contributed by atoms with van der Waals surface area (Å²) in [6.45, 7) is 2.05. The molecular weight excluding hydrogens is 290 g/mol. The van der Waals surface area contributed by atoms with E-state index in [1.54, 1.807) is 11.3 Å². The van der Waals surface area contributed by atoms with Gasteiger partial charge in [0, 0.05) is 21.0 Å². The summed E-state index contributed by atoms with van der Waals surface area (Å²) in [4.78, 5) is 14.6. The average molecular weight is 307 g/mol. The average Bonchev–Trinajstić information content (AvgIpc) is 2.93. The summed E-state index contributed by atoms with van der Waals surface area (Å²) in [6.07, 6.45) is 0.418. The molecule has 0 saturated carbocycles. The molecule has 0 unspecified atom stereocenters. The number of anilines is 1. The summed E-state index contributed by atoms with van der Waals surface area (Å²) >= 11 is 1.67. The number of hydrogen-bond donors (Lipinski definition) is 1. The zero-order valence-corrected chi connectivity index (χ0v) is 13.2. The van der Waals surface area contributed by atoms with Gasteiger partial charge in [-0.1, -0.05) is 48.5 Å². The van der Waals surface area contributed by atoms with Crippen LogP contribution in [-0.4, -0.2) is 5.91 Å². The molecule has 0 aliphatic heterocycles. The zero-order chi connectivity index (χ0) is 15.4. The van der Waals surface area contributed by atoms with Crippen molar-refractivity contribution in [2.24, 2.45) is 0 Å². The van der Waals surface area contributed by atoms with Crippen molar-refractivity contribution < 1.29 is 4.79 Å². The number of benzene rings is 2. The summed E-state index contributed by atoms with van der Waals surface area (Å²) < 4.78 is 0. The topological polar surface area (TPSA) is 29.1 Å². The van der Waals surface area contributed by atoms with E-state index in [0.717, 1.165) is 21.7 Å². The second kappa shape index (κ2) is 6.58. The first-order valence-corrected chi connectivity index (χ1v) is 8.03. The molecule has 2 aromatic carbocycles. The van der Waals surface area contributed by atoms with E-state index in [0.29, 0.717) is 6.42 Å². The van der Waals surface area contributed by atoms with Gasteiger partial charge in [-0.3, -0.25) is 4.79 Å². The van der Waals surface area contributed by atoms with Crippen molar-refractivity contribution >= 4 is 22.9 Å². The molecule has 0 aliphatic rings. The highest BCUT2D eigenvalue weighted by molar-refractivity contribution is 7.12. The van der Waals surface area contributed by atoms with Gasteiger partial charge < -0.3 is 5.32 Å². The molecule has 0 atom stereocenters. The molecule has 0 aliphatic carbocycles. The van der Waals surface area contributed by atoms with Gasteiger partial charge in [0.05, 0.1) is 6.42 Å². The molecule has 3 rings (SSSR count). The van der Waals surface area contributed by atoms with Crippen molar-refractivity contribution in [3.05, 3.63) is 76.5 Å². The highest BCUT2D eigenvalue weighted by Gasteiger charge is 2.09. The molecule has 0 spiro atoms. The molecule has 0 saturated heterocycles. The lowest BCUT2D eigenvalue weighted by Crippen LogP contribution is -2.14. The van der Waals surface area contributed by atoms with Crippen molar-refractivity contribution in [3.63, 3.8) is 0 Å². The Morgan fingerprint density at radius 2 is 1.68 bits per heavy atom. The molecule has 0 radical (unpaired) electrons. The highest BCUT2D eigenvalue weighted by Crippen LogP contribution is 2.27. The summed E-state index contributed by atoms with van der Waals surface area (Å²) in [5.41, 5.74) is 3.00. The molecule has 1 aromatic heterocycles. The quantitative estimate of drug-likeness (QED) is 0.729. The summed E-state index contributed by atoms with van der Waals surface area (Å²) in [7, 11) is 0. The predicted molar refractivity (Wildman–Crippen MR) is 93.3 cm³/mol. The van der Waals surface area contributed by atoms with E-state index in [1.165, 1.54) is 4.88 Å². The summed E-state index contributed by atoms with van der Waals surface area (Å²) in [5.74, 6) is 0.0187. The minimum atomic E-state index is 0.0187. The normalized spacial score (nSPS) is 10.4. The molecule has 0 bridgehead atoms. The van der Waals surface area contributed by atoms with Gasteiger partial charge in [0.25, 0.3) is 0 Å². The van der Waals surface area contributed by atoms with Crippen LogP contribution in [0.1, 0.15) is 9.75 Å². The highest BCUT2D eigenvalue weighted by atomic mass is 32.1. The maximum Gasteiger partial charge on any atom is 0.229 e. The maximum absolute atomic E-state index is 12.3. The number of thiophene rings is 1. The van der Waals surface area contributed by atoms with E-state index in [1.807, 2.05) is 66.7 Å². The van der Waals surface area contributed by atoms with Crippen molar-refractivity contribution in [1.29, 1.82) is 0 Å². The van der Waals surface area contributed by atoms with E-state index in [-0.39, 0.29) is 5.91 Å². The number of carbonyl (C=O) groups excluding carboxylic acids is 1. The Balaban J connectivity index is 1.79. The summed E-state index contributed by atoms with van der Waals surface area (Å²) in [5, 5.41) is 3.03. The Labute approximate surface area is 134 Å². The molecule has 2 nitrogen and oxygen atoms in total. The van der Waals surface area contributed by atoms with Crippen LogP contribution in [0, 0.1) is 6.92 Å². The van der Waals surface area contributed by atoms with Crippen LogP contribution < -0.4 is 5.32 Å². The van der Waals surface area contributed by atoms with Gasteiger partial charge in [-0.05, 0) is 30.7 Å². The Hall–Kier alpha value is -2.39. The Bertz CT molecular complexity index is 777. The van der Waals surface area contributed by atoms with Gasteiger partial charge in [-0.15, -0.1) is 11.3 Å². The lowest BCUT2D eigenvalue weighted by molar-refractivity contribution is -0.115. The Morgan fingerprint density at radius 3 is 2.41 bits per heavy atom. The van der Waals surface area contributed by atoms with Crippen LogP contribution in [-0.2, 0) is 11.2 Å². The van der Waals surface area contributed by atoms with Crippen molar-refractivity contribution in [1.82, 2.24) is 0 Å². The number of aryl methyl sites for hydroxylation is 1. The lowest BCUT2D eigenvalue weighted by Gasteiger charge is -2.11. The van der Waals surface area contributed by atoms with Crippen LogP contribution in [0.2, 0.25) is 0 Å². The van der Waals surface area contributed by atoms with Crippen LogP contribution in [0.4, 0.5) is 5.69 Å². The number of hydrogen-bond acceptors (Lipinski definition) is 2. The first-order chi connectivity index (χ1) is 10.7. The molecule has 3 heteroatoms. The van der Waals surface area contributed by atoms with Gasteiger partial charge in [0.1, 0.15) is 0 Å². The summed E-state index contributed by atoms with van der Waals surface area (Å²) in [6, 6.07) is 22.1. The van der Waals surface area contributed by atoms with Gasteiger partial charge in [-0.25, -0.2) is 0 Å². The van der Waals surface area contributed by atoms with E-state index in [4.69, 9.17) is 0 Å². The predicted octanol–water partition coefficient (Wildman–Crippen LogP) is 4.90. The minimum Gasteiger partial charge on any atom is -0.325 e. The number of carbonyl (C=O) groups is 1. The van der Waals surface area contributed by atoms with Crippen molar-refractivity contribution in [2.45, 2.75) is 13.3 Å². The van der Waals surface area contributed by atoms with Gasteiger partial charge in [0.15, 0.2) is 0 Å². The van der Waals surface area contributed by atoms with Crippen molar-refractivity contribution in [3.8, 4) is 11.1 Å². The Kier molecular flexibility index (Phi) is 4.35. The molecule has 0 fully saturated rings. The Morgan fingerprint density at radius 1 is 0.955 bits per heavy atom. The number of para-hydroxylation sites is 1. The smallest absolute Gasteiger partial charge is 0.229 e. The first-order valence-electron chi connectivity index (χ1n) is 7.22. The van der Waals surface area contributed by atoms with E-state index in [9.17, 15) is 4.79 Å². The van der Waals surface area contributed by atoms with Crippen LogP contribution in [0.5, 0.6) is 0 Å². The lowest BCUT2D eigenvalue weighted by atomic mass is 10.0. The maximum atomic E-state index is 12.3. The first kappa shape index (κ1) is 14.5. The third kappa shape index (κ3) is 3.43. The fourth-order valence-corrected chi connectivity index (χ4v) is 3.28. The molecule has 3 aromatic rings. The molecular formula is C19H17NOS. The third-order valence-corrected chi connectivity index (χ3v) is 4.42. The van der Waals surface area contributed by atoms with Crippen LogP contribution in [0.3, 0.4) is 0 Å². The van der Waals surface area contributed by atoms with E-state index in [2.05, 4.69) is 12.2 Å². The molecule has 1 amide bonds. The fourth-order valence-electron chi connectivity index (χ4n) is 2.39. The van der Waals surface area contributed by atoms with Crippen LogP contribution >= 0.6 is 11.3 Å². The van der Waals surface area contributed by atoms with Crippen molar-refractivity contribution in [2.75, 3.05) is 5.32 Å². The standard InChI is InChI=1S/C19H17NOS/c1-14-11-12-16(22-14)13-19(21)20-18-10-6-5-9-17(18)15-7-3-2-4-8-15/h2-12H,13H2,1H3,(H,20,21). The number of nitrogens with one attached hydrogen (secondary N) is 1. The van der Waals surface area contributed by atoms with E-state index >= 15 is 0 Å². The fraction of sp³-hybridized carbons (Fsp3) is 0.105. The molecule has 1 heterocycles. The largest absolute Gasteiger partial charge is 0.325 e. The van der Waals surface area contributed by atoms with Crippen LogP contribution in [0.25, 0.3) is 11.1 Å². The second-order valence-corrected chi connectivity index (χ2v) is 6.52. The van der Waals surface area contributed by atoms with E-state index < -0.39 is 0 Å². The van der Waals surface area contributed by atoms with Gasteiger partial charge in [0.2, 0.25) is 5.91 Å². The van der Waals surface area contributed by atoms with Gasteiger partial charge in [-0.2, -0.15) is 0 Å². The van der Waals surface area contributed by atoms with Gasteiger partial charge >= 0.3 is 0 Å². The SMILES string of the molecule is Cc1ccc(CC(=O)Nc2ccccc2-c2ccccc2)s1. The second-order valence-electron chi connectivity index (χ2n) is 5.15. The minimum absolute atomic E-state index is 0.0187. The number of rotatable bonds is 4. The zero-order valence-electron chi connectivity index (χ0n) is 12.4. The molecule has 110 valence electrons. The molecule has 22 heavy (non-hydrogen) atoms. The number of amides is 1. The molecule has 1 N–H and O–H groups in total. The third-order valence-electron chi connectivity index (χ3n) is 3.42. The van der Waals surface area contributed by atoms with Crippen LogP contribution in [0.15, 0.2) is 66.7 Å². The monoisotopic (exact) mass is 307 g/mol.